The maximum Gasteiger partial charge on any atom is 0.410 e. The third-order valence-corrected chi connectivity index (χ3v) is 12.2. The Balaban J connectivity index is 2.46. The zero-order valence-corrected chi connectivity index (χ0v) is 38.7. The van der Waals surface area contributed by atoms with Crippen LogP contribution in [0.4, 0.5) is 4.79 Å². The highest BCUT2D eigenvalue weighted by Crippen LogP contribution is 2.32. The molecule has 2 aliphatic heterocycles. The number of aliphatic hydroxyl groups is 2. The number of hydrogen-bond acceptors (Lipinski definition) is 12. The molecule has 0 aromatic heterocycles. The summed E-state index contributed by atoms with van der Waals surface area (Å²) in [6, 6.07) is 0.390. The van der Waals surface area contributed by atoms with E-state index >= 15 is 0 Å². The number of rotatable bonds is 22. The second-order valence-corrected chi connectivity index (χ2v) is 17.1. The lowest BCUT2D eigenvalue weighted by Crippen LogP contribution is -2.53. The molecule has 1 amide bonds. The lowest BCUT2D eigenvalue weighted by Gasteiger charge is -2.40. The first-order chi connectivity index (χ1) is 27.9. The minimum Gasteiger partial charge on any atom is -0.457 e. The van der Waals surface area contributed by atoms with E-state index in [4.69, 9.17) is 33.2 Å². The molecule has 2 heterocycles. The van der Waals surface area contributed by atoms with E-state index in [-0.39, 0.29) is 43.3 Å². The monoisotopic (exact) mass is 839 g/mol. The number of nitrogens with zero attached hydrogens (tertiary/aromatic N) is 2. The molecule has 0 spiro atoms. The second kappa shape index (κ2) is 26.9. The molecule has 0 radical (unpaired) electrons. The van der Waals surface area contributed by atoms with Gasteiger partial charge in [0.1, 0.15) is 11.7 Å². The SMILES string of the molecule is CCOCCOC(C)(/C=C/C=C(\C)C1OC(=O)CC(O)CCC(C)(OCCOCC)C(OC(=O)N2CCN(C(C)C)CC2)/C=C/C1C)CC(O)C(C)C(C)C(CC)OC. The van der Waals surface area contributed by atoms with Gasteiger partial charge in [0.2, 0.25) is 0 Å². The Morgan fingerprint density at radius 3 is 2.25 bits per heavy atom. The van der Waals surface area contributed by atoms with Crippen molar-refractivity contribution in [1.29, 1.82) is 0 Å². The Kier molecular flexibility index (Phi) is 24.0. The Labute approximate surface area is 356 Å². The van der Waals surface area contributed by atoms with Gasteiger partial charge in [-0.3, -0.25) is 9.69 Å². The van der Waals surface area contributed by atoms with Crippen LogP contribution in [-0.2, 0) is 38.0 Å². The molecule has 59 heavy (non-hydrogen) atoms. The van der Waals surface area contributed by atoms with Crippen LogP contribution in [0.5, 0.6) is 0 Å². The number of carbonyl (C=O) groups excluding carboxylic acids is 2. The number of esters is 1. The van der Waals surface area contributed by atoms with Gasteiger partial charge < -0.3 is 48.3 Å². The molecule has 0 aliphatic carbocycles. The lowest BCUT2D eigenvalue weighted by atomic mass is 9.81. The number of methoxy groups -OCH3 is 1. The first-order valence-electron chi connectivity index (χ1n) is 22.2. The molecule has 2 N–H and O–H groups in total. The Bertz CT molecular complexity index is 1300. The van der Waals surface area contributed by atoms with Gasteiger partial charge in [0.15, 0.2) is 6.10 Å². The average molecular weight is 839 g/mol. The molecule has 13 heteroatoms. The number of cyclic esters (lactones) is 1. The Morgan fingerprint density at radius 1 is 1.02 bits per heavy atom. The molecular formula is C46H82N2O11. The van der Waals surface area contributed by atoms with Crippen LogP contribution in [0, 0.1) is 17.8 Å². The van der Waals surface area contributed by atoms with Crippen LogP contribution in [0.25, 0.3) is 0 Å². The quantitative estimate of drug-likeness (QED) is 0.0516. The number of allylic oxidation sites excluding steroid dienone is 2. The van der Waals surface area contributed by atoms with Gasteiger partial charge in [0.05, 0.1) is 56.8 Å². The predicted octanol–water partition coefficient (Wildman–Crippen LogP) is 6.74. The fourth-order valence-electron chi connectivity index (χ4n) is 7.87. The highest BCUT2D eigenvalue weighted by atomic mass is 16.6. The molecule has 10 unspecified atom stereocenters. The van der Waals surface area contributed by atoms with Crippen LogP contribution < -0.4 is 0 Å². The van der Waals surface area contributed by atoms with E-state index in [1.807, 2.05) is 78.8 Å². The predicted molar refractivity (Wildman–Crippen MR) is 231 cm³/mol. The number of hydrogen-bond donors (Lipinski definition) is 2. The number of amides is 1. The molecule has 0 aromatic carbocycles. The summed E-state index contributed by atoms with van der Waals surface area (Å²) in [5, 5.41) is 22.5. The molecule has 2 aliphatic rings. The minimum absolute atomic E-state index is 0.0337. The van der Waals surface area contributed by atoms with E-state index in [0.29, 0.717) is 65.0 Å². The van der Waals surface area contributed by atoms with Crippen molar-refractivity contribution in [2.75, 3.05) is 72.9 Å². The van der Waals surface area contributed by atoms with Crippen molar-refractivity contribution in [2.45, 2.75) is 156 Å². The fraction of sp³-hybridized carbons (Fsp3) is 0.826. The molecule has 342 valence electrons. The molecule has 1 saturated heterocycles. The van der Waals surface area contributed by atoms with Crippen LogP contribution in [0.1, 0.15) is 108 Å². The maximum atomic E-state index is 13.7. The summed E-state index contributed by atoms with van der Waals surface area (Å²) in [6.07, 6.45) is 7.45. The largest absolute Gasteiger partial charge is 0.457 e. The maximum absolute atomic E-state index is 13.7. The van der Waals surface area contributed by atoms with E-state index < -0.39 is 47.7 Å². The molecule has 0 aromatic rings. The number of ether oxygens (including phenoxy) is 7. The van der Waals surface area contributed by atoms with Crippen molar-refractivity contribution in [3.63, 3.8) is 0 Å². The van der Waals surface area contributed by atoms with Crippen molar-refractivity contribution in [3.05, 3.63) is 36.0 Å². The van der Waals surface area contributed by atoms with Gasteiger partial charge in [-0.05, 0) is 91.2 Å². The Morgan fingerprint density at radius 2 is 1.66 bits per heavy atom. The molecule has 0 saturated carbocycles. The van der Waals surface area contributed by atoms with Gasteiger partial charge in [-0.15, -0.1) is 0 Å². The molecule has 0 bridgehead atoms. The summed E-state index contributed by atoms with van der Waals surface area (Å²) in [6.45, 7) is 27.2. The van der Waals surface area contributed by atoms with Crippen LogP contribution in [0.3, 0.4) is 0 Å². The van der Waals surface area contributed by atoms with E-state index in [1.165, 1.54) is 0 Å². The molecule has 1 fully saturated rings. The third-order valence-electron chi connectivity index (χ3n) is 12.2. The van der Waals surface area contributed by atoms with E-state index in [9.17, 15) is 19.8 Å². The minimum atomic E-state index is -1.02. The van der Waals surface area contributed by atoms with Crippen molar-refractivity contribution in [3.8, 4) is 0 Å². The van der Waals surface area contributed by atoms with Gasteiger partial charge >= 0.3 is 12.1 Å². The van der Waals surface area contributed by atoms with E-state index in [1.54, 1.807) is 12.0 Å². The van der Waals surface area contributed by atoms with Crippen LogP contribution in [-0.4, -0.2) is 153 Å². The zero-order chi connectivity index (χ0) is 44.2. The number of carbonyl (C=O) groups is 2. The zero-order valence-electron chi connectivity index (χ0n) is 38.7. The molecular weight excluding hydrogens is 757 g/mol. The second-order valence-electron chi connectivity index (χ2n) is 17.1. The molecule has 10 atom stereocenters. The van der Waals surface area contributed by atoms with Gasteiger partial charge in [-0.25, -0.2) is 4.79 Å². The van der Waals surface area contributed by atoms with Gasteiger partial charge in [-0.2, -0.15) is 0 Å². The average Bonchev–Trinajstić information content (AvgIpc) is 3.20. The fourth-order valence-corrected chi connectivity index (χ4v) is 7.87. The number of aliphatic hydroxyl groups excluding tert-OH is 2. The summed E-state index contributed by atoms with van der Waals surface area (Å²) in [5.41, 5.74) is -1.10. The van der Waals surface area contributed by atoms with Crippen LogP contribution in [0.2, 0.25) is 0 Å². The van der Waals surface area contributed by atoms with Crippen molar-refractivity contribution >= 4 is 12.1 Å². The summed E-state index contributed by atoms with van der Waals surface area (Å²) in [7, 11) is 1.71. The Hall–Kier alpha value is -2.36. The van der Waals surface area contributed by atoms with E-state index in [0.717, 1.165) is 25.1 Å². The normalized spacial score (nSPS) is 27.9. The lowest BCUT2D eigenvalue weighted by molar-refractivity contribution is -0.152. The first kappa shape index (κ1) is 52.8. The smallest absolute Gasteiger partial charge is 0.410 e. The van der Waals surface area contributed by atoms with Crippen LogP contribution in [0.15, 0.2) is 36.0 Å². The number of piperazine rings is 1. The van der Waals surface area contributed by atoms with Crippen molar-refractivity contribution < 1.29 is 53.0 Å². The van der Waals surface area contributed by atoms with Gasteiger partial charge in [0, 0.05) is 64.9 Å². The van der Waals surface area contributed by atoms with E-state index in [2.05, 4.69) is 32.6 Å². The van der Waals surface area contributed by atoms with Gasteiger partial charge in [-0.1, -0.05) is 52.0 Å². The highest BCUT2D eigenvalue weighted by Gasteiger charge is 2.40. The van der Waals surface area contributed by atoms with Crippen LogP contribution >= 0.6 is 0 Å². The van der Waals surface area contributed by atoms with Crippen molar-refractivity contribution in [1.82, 2.24) is 9.80 Å². The summed E-state index contributed by atoms with van der Waals surface area (Å²) < 4.78 is 42.0. The van der Waals surface area contributed by atoms with Crippen molar-refractivity contribution in [2.24, 2.45) is 17.8 Å². The standard InChI is InChI=1S/C46H82N2O11/c1-13-40(53-12)37(9)36(8)39(50)32-45(10,56-29-27-54-14-2)21-16-17-34(6)43-35(7)18-19-41(58-44(52)48-25-23-47(24-26-48)33(4)5)46(11,57-30-28-55-15-3)22-20-38(49)31-42(51)59-43/h16-19,21,33,35-41,43,49-50H,13-15,20,22-32H2,1-12H3/b19-18+,21-16+,34-17+. The molecule has 2 rings (SSSR count). The summed E-state index contributed by atoms with van der Waals surface area (Å²) in [4.78, 5) is 31.1. The molecule has 13 nitrogen and oxygen atoms in total. The third kappa shape index (κ3) is 17.9. The first-order valence-corrected chi connectivity index (χ1v) is 22.2. The van der Waals surface area contributed by atoms with Gasteiger partial charge in [0.25, 0.3) is 0 Å². The highest BCUT2D eigenvalue weighted by molar-refractivity contribution is 5.70. The summed E-state index contributed by atoms with van der Waals surface area (Å²) >= 11 is 0. The summed E-state index contributed by atoms with van der Waals surface area (Å²) in [5.74, 6) is -0.784. The topological polar surface area (TPSA) is 146 Å².